The molecule has 0 spiro atoms. The quantitative estimate of drug-likeness (QED) is 0.755. The summed E-state index contributed by atoms with van der Waals surface area (Å²) in [5, 5.41) is 10.2. The minimum absolute atomic E-state index is 0.175. The molecule has 3 aromatic rings. The molecule has 26 heavy (non-hydrogen) atoms. The van der Waals surface area contributed by atoms with E-state index in [0.29, 0.717) is 22.3 Å². The van der Waals surface area contributed by atoms with Crippen LogP contribution in [0.1, 0.15) is 29.9 Å². The van der Waals surface area contributed by atoms with E-state index in [9.17, 15) is 9.59 Å². The normalized spacial score (nSPS) is 13.0. The van der Waals surface area contributed by atoms with Gasteiger partial charge in [-0.3, -0.25) is 9.59 Å². The third-order valence-electron chi connectivity index (χ3n) is 4.43. The van der Waals surface area contributed by atoms with Crippen LogP contribution in [0.5, 0.6) is 11.5 Å². The molecule has 2 heterocycles. The summed E-state index contributed by atoms with van der Waals surface area (Å²) in [6.07, 6.45) is 0. The number of aromatic nitrogens is 2. The van der Waals surface area contributed by atoms with Crippen molar-refractivity contribution < 1.29 is 14.3 Å². The average molecular weight is 351 g/mol. The van der Waals surface area contributed by atoms with Crippen LogP contribution in [0.3, 0.4) is 0 Å². The van der Waals surface area contributed by atoms with Crippen LogP contribution in [0.4, 0.5) is 0 Å². The summed E-state index contributed by atoms with van der Waals surface area (Å²) < 4.78 is 10.7. The number of nitrogens with zero attached hydrogens (tertiary/aromatic N) is 1. The van der Waals surface area contributed by atoms with Gasteiger partial charge in [0.15, 0.2) is 17.2 Å². The van der Waals surface area contributed by atoms with Gasteiger partial charge in [0.1, 0.15) is 0 Å². The van der Waals surface area contributed by atoms with Gasteiger partial charge in [-0.05, 0) is 37.6 Å². The van der Waals surface area contributed by atoms with Gasteiger partial charge in [0.05, 0.1) is 10.9 Å². The van der Waals surface area contributed by atoms with Gasteiger partial charge in [0.2, 0.25) is 6.79 Å². The second-order valence-corrected chi connectivity index (χ2v) is 6.59. The van der Waals surface area contributed by atoms with Gasteiger partial charge in [-0.2, -0.15) is 5.10 Å². The zero-order valence-electron chi connectivity index (χ0n) is 14.3. The monoisotopic (exact) mass is 351 g/mol. The number of fused-ring (bicyclic) bond motifs is 2. The van der Waals surface area contributed by atoms with E-state index in [4.69, 9.17) is 9.47 Å². The lowest BCUT2D eigenvalue weighted by Gasteiger charge is -2.27. The number of ether oxygens (including phenoxy) is 2. The fourth-order valence-electron chi connectivity index (χ4n) is 2.99. The number of benzene rings is 2. The van der Waals surface area contributed by atoms with Crippen LogP contribution in [0, 0.1) is 0 Å². The Labute approximate surface area is 148 Å². The molecule has 4 rings (SSSR count). The first kappa shape index (κ1) is 16.1. The van der Waals surface area contributed by atoms with E-state index in [-0.39, 0.29) is 24.0 Å². The van der Waals surface area contributed by atoms with Crippen LogP contribution < -0.4 is 20.3 Å². The molecule has 0 atom stereocenters. The van der Waals surface area contributed by atoms with E-state index in [2.05, 4.69) is 15.5 Å². The van der Waals surface area contributed by atoms with E-state index < -0.39 is 5.54 Å². The van der Waals surface area contributed by atoms with Gasteiger partial charge in [-0.25, -0.2) is 5.10 Å². The van der Waals surface area contributed by atoms with Crippen molar-refractivity contribution in [2.45, 2.75) is 19.4 Å². The van der Waals surface area contributed by atoms with Crippen LogP contribution in [0.2, 0.25) is 0 Å². The average Bonchev–Trinajstić information content (AvgIpc) is 3.09. The van der Waals surface area contributed by atoms with E-state index in [1.54, 1.807) is 24.3 Å². The molecule has 7 heteroatoms. The fraction of sp³-hybridized carbons (Fsp3) is 0.211. The first-order valence-corrected chi connectivity index (χ1v) is 8.16. The first-order valence-electron chi connectivity index (χ1n) is 8.16. The molecule has 2 N–H and O–H groups in total. The molecule has 1 aliphatic heterocycles. The van der Waals surface area contributed by atoms with Gasteiger partial charge in [-0.1, -0.05) is 24.3 Å². The van der Waals surface area contributed by atoms with E-state index >= 15 is 0 Å². The number of hydrogen-bond acceptors (Lipinski definition) is 5. The Bertz CT molecular complexity index is 1070. The maximum atomic E-state index is 12.8. The van der Waals surface area contributed by atoms with Crippen molar-refractivity contribution in [1.82, 2.24) is 15.5 Å². The summed E-state index contributed by atoms with van der Waals surface area (Å²) in [5.41, 5.74) is 0.0294. The molecule has 1 aromatic heterocycles. The third kappa shape index (κ3) is 2.67. The van der Waals surface area contributed by atoms with Gasteiger partial charge < -0.3 is 14.8 Å². The van der Waals surface area contributed by atoms with Crippen molar-refractivity contribution in [3.8, 4) is 11.5 Å². The number of carbonyl (C=O) groups is 1. The van der Waals surface area contributed by atoms with E-state index in [1.807, 2.05) is 32.0 Å². The van der Waals surface area contributed by atoms with Crippen molar-refractivity contribution >= 4 is 16.7 Å². The lowest BCUT2D eigenvalue weighted by Crippen LogP contribution is -2.41. The molecule has 0 saturated carbocycles. The highest BCUT2D eigenvalue weighted by atomic mass is 16.7. The number of hydrogen-bond donors (Lipinski definition) is 2. The molecule has 0 unspecified atom stereocenters. The third-order valence-corrected chi connectivity index (χ3v) is 4.43. The zero-order chi connectivity index (χ0) is 18.3. The Morgan fingerprint density at radius 2 is 1.85 bits per heavy atom. The number of carbonyl (C=O) groups excluding carboxylic acids is 1. The molecule has 1 amide bonds. The Morgan fingerprint density at radius 3 is 2.65 bits per heavy atom. The van der Waals surface area contributed by atoms with Gasteiger partial charge in [0, 0.05) is 5.39 Å². The van der Waals surface area contributed by atoms with Gasteiger partial charge in [0.25, 0.3) is 11.5 Å². The zero-order valence-corrected chi connectivity index (χ0v) is 14.3. The smallest absolute Gasteiger partial charge is 0.273 e. The predicted octanol–water partition coefficient (Wildman–Crippen LogP) is 2.32. The van der Waals surface area contributed by atoms with Crippen LogP contribution in [-0.4, -0.2) is 22.9 Å². The van der Waals surface area contributed by atoms with Gasteiger partial charge >= 0.3 is 0 Å². The predicted molar refractivity (Wildman–Crippen MR) is 95.4 cm³/mol. The summed E-state index contributed by atoms with van der Waals surface area (Å²) in [4.78, 5) is 24.7. The molecule has 2 aromatic carbocycles. The minimum Gasteiger partial charge on any atom is -0.454 e. The first-order chi connectivity index (χ1) is 12.5. The lowest BCUT2D eigenvalue weighted by molar-refractivity contribution is 0.0907. The highest BCUT2D eigenvalue weighted by Gasteiger charge is 2.27. The Morgan fingerprint density at radius 1 is 1.12 bits per heavy atom. The summed E-state index contributed by atoms with van der Waals surface area (Å²) >= 11 is 0. The number of rotatable bonds is 3. The maximum absolute atomic E-state index is 12.8. The number of aromatic amines is 1. The fourth-order valence-corrected chi connectivity index (χ4v) is 2.99. The van der Waals surface area contributed by atoms with Gasteiger partial charge in [-0.15, -0.1) is 0 Å². The van der Waals surface area contributed by atoms with Crippen LogP contribution in [0.25, 0.3) is 10.8 Å². The molecule has 7 nitrogen and oxygen atoms in total. The topological polar surface area (TPSA) is 93.3 Å². The molecular weight excluding hydrogens is 334 g/mol. The molecule has 0 aliphatic carbocycles. The molecule has 0 fully saturated rings. The SMILES string of the molecule is CC(C)(NC(=O)c1n[nH]c(=O)c2ccccc12)c1ccc2c(c1)OCO2. The minimum atomic E-state index is -0.684. The standard InChI is InChI=1S/C19H17N3O4/c1-19(2,11-7-8-14-15(9-11)26-10-25-14)20-18(24)16-12-5-3-4-6-13(12)17(23)22-21-16/h3-9H,10H2,1-2H3,(H,20,24)(H,22,23). The van der Waals surface area contributed by atoms with E-state index in [1.165, 1.54) is 0 Å². The highest BCUT2D eigenvalue weighted by Crippen LogP contribution is 2.35. The Balaban J connectivity index is 1.68. The number of nitrogens with one attached hydrogen (secondary N) is 2. The second kappa shape index (κ2) is 5.87. The summed E-state index contributed by atoms with van der Waals surface area (Å²) in [7, 11) is 0. The van der Waals surface area contributed by atoms with Crippen molar-refractivity contribution in [2.24, 2.45) is 0 Å². The lowest BCUT2D eigenvalue weighted by atomic mass is 9.93. The molecular formula is C19H17N3O4. The van der Waals surface area contributed by atoms with Crippen molar-refractivity contribution in [2.75, 3.05) is 6.79 Å². The summed E-state index contributed by atoms with van der Waals surface area (Å²) in [6, 6.07) is 12.4. The summed E-state index contributed by atoms with van der Waals surface area (Å²) in [6.45, 7) is 3.96. The highest BCUT2D eigenvalue weighted by molar-refractivity contribution is 6.05. The molecule has 1 aliphatic rings. The molecule has 132 valence electrons. The molecule has 0 radical (unpaired) electrons. The van der Waals surface area contributed by atoms with Crippen molar-refractivity contribution in [3.05, 3.63) is 64.1 Å². The largest absolute Gasteiger partial charge is 0.454 e. The summed E-state index contributed by atoms with van der Waals surface area (Å²) in [5.74, 6) is 0.960. The van der Waals surface area contributed by atoms with Crippen molar-refractivity contribution in [1.29, 1.82) is 0 Å². The Hall–Kier alpha value is -3.35. The van der Waals surface area contributed by atoms with Crippen molar-refractivity contribution in [3.63, 3.8) is 0 Å². The van der Waals surface area contributed by atoms with Crippen LogP contribution >= 0.6 is 0 Å². The maximum Gasteiger partial charge on any atom is 0.273 e. The molecule has 0 bridgehead atoms. The van der Waals surface area contributed by atoms with Crippen LogP contribution in [-0.2, 0) is 5.54 Å². The number of H-pyrrole nitrogens is 1. The molecule has 0 saturated heterocycles. The second-order valence-electron chi connectivity index (χ2n) is 6.59. The van der Waals surface area contributed by atoms with E-state index in [0.717, 1.165) is 5.56 Å². The number of amides is 1. The Kier molecular flexibility index (Phi) is 3.64. The van der Waals surface area contributed by atoms with Crippen LogP contribution in [0.15, 0.2) is 47.3 Å².